The van der Waals surface area contributed by atoms with Crippen molar-refractivity contribution < 1.29 is 4.79 Å². The number of benzene rings is 1. The van der Waals surface area contributed by atoms with Crippen LogP contribution in [0.15, 0.2) is 30.3 Å². The second-order valence-corrected chi connectivity index (χ2v) is 4.41. The van der Waals surface area contributed by atoms with Crippen molar-refractivity contribution in [2.75, 3.05) is 13.1 Å². The second-order valence-electron chi connectivity index (χ2n) is 4.41. The van der Waals surface area contributed by atoms with Crippen LogP contribution in [0.25, 0.3) is 0 Å². The molecule has 0 saturated carbocycles. The van der Waals surface area contributed by atoms with Gasteiger partial charge in [0.1, 0.15) is 0 Å². The van der Waals surface area contributed by atoms with Gasteiger partial charge in [-0.25, -0.2) is 0 Å². The molecule has 1 amide bonds. The summed E-state index contributed by atoms with van der Waals surface area (Å²) in [5, 5.41) is 3.42. The summed E-state index contributed by atoms with van der Waals surface area (Å²) < 4.78 is 0. The number of amides is 1. The third kappa shape index (κ3) is 2.25. The number of rotatable bonds is 1. The van der Waals surface area contributed by atoms with Crippen LogP contribution in [0.4, 0.5) is 0 Å². The summed E-state index contributed by atoms with van der Waals surface area (Å²) in [6.45, 7) is 5.38. The first-order valence-corrected chi connectivity index (χ1v) is 5.74. The van der Waals surface area contributed by atoms with Gasteiger partial charge in [0.2, 0.25) is 5.91 Å². The summed E-state index contributed by atoms with van der Waals surface area (Å²) in [5.41, 5.74) is 1.21. The van der Waals surface area contributed by atoms with Crippen molar-refractivity contribution in [3.8, 4) is 0 Å². The lowest BCUT2D eigenvalue weighted by Crippen LogP contribution is -2.52. The first kappa shape index (κ1) is 11.1. The lowest BCUT2D eigenvalue weighted by molar-refractivity contribution is -0.132. The molecule has 1 aromatic carbocycles. The highest BCUT2D eigenvalue weighted by atomic mass is 16.2. The number of nitrogens with zero attached hydrogens (tertiary/aromatic N) is 1. The Balaban J connectivity index is 2.22. The molecule has 1 aliphatic rings. The predicted octanol–water partition coefficient (Wildman–Crippen LogP) is 1.57. The zero-order valence-electron chi connectivity index (χ0n) is 9.81. The Labute approximate surface area is 96.5 Å². The fraction of sp³-hybridized carbons (Fsp3) is 0.462. The fourth-order valence-electron chi connectivity index (χ4n) is 2.23. The third-order valence-electron chi connectivity index (χ3n) is 3.10. The zero-order chi connectivity index (χ0) is 11.5. The lowest BCUT2D eigenvalue weighted by atomic mass is 10.0. The molecule has 1 N–H and O–H groups in total. The van der Waals surface area contributed by atoms with Crippen LogP contribution in [0.1, 0.15) is 25.5 Å². The van der Waals surface area contributed by atoms with Crippen molar-refractivity contribution in [3.05, 3.63) is 35.9 Å². The van der Waals surface area contributed by atoms with E-state index in [-0.39, 0.29) is 11.9 Å². The van der Waals surface area contributed by atoms with Crippen LogP contribution in [0.5, 0.6) is 0 Å². The topological polar surface area (TPSA) is 32.3 Å². The maximum Gasteiger partial charge on any atom is 0.220 e. The molecular formula is C13H18N2O. The molecule has 2 unspecified atom stereocenters. The van der Waals surface area contributed by atoms with Crippen LogP contribution in [0.2, 0.25) is 0 Å². The van der Waals surface area contributed by atoms with Gasteiger partial charge < -0.3 is 10.2 Å². The van der Waals surface area contributed by atoms with Gasteiger partial charge >= 0.3 is 0 Å². The molecule has 2 atom stereocenters. The van der Waals surface area contributed by atoms with E-state index in [4.69, 9.17) is 0 Å². The van der Waals surface area contributed by atoms with E-state index < -0.39 is 0 Å². The maximum atomic E-state index is 11.6. The molecule has 0 spiro atoms. The van der Waals surface area contributed by atoms with Gasteiger partial charge in [0.25, 0.3) is 0 Å². The second kappa shape index (κ2) is 4.66. The van der Waals surface area contributed by atoms with Crippen LogP contribution in [0.3, 0.4) is 0 Å². The van der Waals surface area contributed by atoms with Crippen molar-refractivity contribution in [2.45, 2.75) is 25.9 Å². The molecule has 0 aliphatic carbocycles. The molecule has 1 saturated heterocycles. The van der Waals surface area contributed by atoms with E-state index in [2.05, 4.69) is 24.4 Å². The van der Waals surface area contributed by atoms with Gasteiger partial charge in [-0.05, 0) is 12.5 Å². The van der Waals surface area contributed by atoms with Crippen molar-refractivity contribution in [1.29, 1.82) is 0 Å². The summed E-state index contributed by atoms with van der Waals surface area (Å²) in [5.74, 6) is 0.155. The first-order chi connectivity index (χ1) is 7.68. The van der Waals surface area contributed by atoms with Crippen LogP contribution in [-0.4, -0.2) is 29.9 Å². The minimum Gasteiger partial charge on any atom is -0.333 e. The van der Waals surface area contributed by atoms with Gasteiger partial charge in [-0.3, -0.25) is 4.79 Å². The molecule has 16 heavy (non-hydrogen) atoms. The highest BCUT2D eigenvalue weighted by Crippen LogP contribution is 2.23. The van der Waals surface area contributed by atoms with Crippen molar-refractivity contribution in [1.82, 2.24) is 10.2 Å². The summed E-state index contributed by atoms with van der Waals surface area (Å²) in [4.78, 5) is 13.6. The number of carbonyl (C=O) groups is 1. The molecule has 1 aliphatic heterocycles. The smallest absolute Gasteiger partial charge is 0.220 e. The van der Waals surface area contributed by atoms with E-state index in [9.17, 15) is 4.79 Å². The molecule has 2 rings (SSSR count). The van der Waals surface area contributed by atoms with Gasteiger partial charge in [-0.1, -0.05) is 30.3 Å². The number of carbonyl (C=O) groups excluding carboxylic acids is 1. The molecule has 1 fully saturated rings. The number of nitrogens with one attached hydrogen (secondary N) is 1. The highest BCUT2D eigenvalue weighted by molar-refractivity contribution is 5.74. The highest BCUT2D eigenvalue weighted by Gasteiger charge is 2.28. The van der Waals surface area contributed by atoms with Gasteiger partial charge in [0.05, 0.1) is 6.04 Å². The summed E-state index contributed by atoms with van der Waals surface area (Å²) >= 11 is 0. The van der Waals surface area contributed by atoms with Crippen molar-refractivity contribution in [3.63, 3.8) is 0 Å². The molecule has 86 valence electrons. The molecule has 1 aromatic rings. The Kier molecular flexibility index (Phi) is 3.25. The molecule has 0 radical (unpaired) electrons. The quantitative estimate of drug-likeness (QED) is 0.776. The fourth-order valence-corrected chi connectivity index (χ4v) is 2.23. The molecular weight excluding hydrogens is 200 g/mol. The van der Waals surface area contributed by atoms with Crippen LogP contribution in [0, 0.1) is 0 Å². The summed E-state index contributed by atoms with van der Waals surface area (Å²) in [7, 11) is 0. The number of hydrogen-bond donors (Lipinski definition) is 1. The predicted molar refractivity (Wildman–Crippen MR) is 64.0 cm³/mol. The van der Waals surface area contributed by atoms with Gasteiger partial charge in [-0.2, -0.15) is 0 Å². The van der Waals surface area contributed by atoms with E-state index >= 15 is 0 Å². The van der Waals surface area contributed by atoms with Crippen LogP contribution in [-0.2, 0) is 4.79 Å². The zero-order valence-corrected chi connectivity index (χ0v) is 9.81. The molecule has 3 nitrogen and oxygen atoms in total. The Morgan fingerprint density at radius 2 is 2.06 bits per heavy atom. The Hall–Kier alpha value is -1.35. The number of piperazine rings is 1. The summed E-state index contributed by atoms with van der Waals surface area (Å²) in [6.07, 6.45) is 0. The first-order valence-electron chi connectivity index (χ1n) is 5.74. The minimum atomic E-state index is 0.155. The Bertz CT molecular complexity index is 363. The average Bonchev–Trinajstić information content (AvgIpc) is 2.30. The Morgan fingerprint density at radius 3 is 2.69 bits per heavy atom. The van der Waals surface area contributed by atoms with E-state index in [1.807, 2.05) is 23.1 Å². The molecule has 0 bridgehead atoms. The monoisotopic (exact) mass is 218 g/mol. The van der Waals surface area contributed by atoms with Gasteiger partial charge in [-0.15, -0.1) is 0 Å². The Morgan fingerprint density at radius 1 is 1.38 bits per heavy atom. The van der Waals surface area contributed by atoms with E-state index in [0.717, 1.165) is 13.1 Å². The van der Waals surface area contributed by atoms with Crippen molar-refractivity contribution >= 4 is 5.91 Å². The van der Waals surface area contributed by atoms with E-state index in [0.29, 0.717) is 6.04 Å². The van der Waals surface area contributed by atoms with Crippen LogP contribution >= 0.6 is 0 Å². The van der Waals surface area contributed by atoms with E-state index in [1.54, 1.807) is 6.92 Å². The van der Waals surface area contributed by atoms with Gasteiger partial charge in [0, 0.05) is 26.1 Å². The standard InChI is InChI=1S/C13H18N2O/c1-10-9-15(11(2)16)13(8-14-10)12-6-4-3-5-7-12/h3-7,10,13-14H,8-9H2,1-2H3. The molecule has 3 heteroatoms. The molecule has 1 heterocycles. The minimum absolute atomic E-state index is 0.155. The normalized spacial score (nSPS) is 25.5. The maximum absolute atomic E-state index is 11.6. The SMILES string of the molecule is CC(=O)N1CC(C)NCC1c1ccccc1. The van der Waals surface area contributed by atoms with Crippen molar-refractivity contribution in [2.24, 2.45) is 0 Å². The largest absolute Gasteiger partial charge is 0.333 e. The van der Waals surface area contributed by atoms with E-state index in [1.165, 1.54) is 5.56 Å². The molecule has 0 aromatic heterocycles. The van der Waals surface area contributed by atoms with Crippen LogP contribution < -0.4 is 5.32 Å². The third-order valence-corrected chi connectivity index (χ3v) is 3.10. The lowest BCUT2D eigenvalue weighted by Gasteiger charge is -2.39. The van der Waals surface area contributed by atoms with Gasteiger partial charge in [0.15, 0.2) is 0 Å². The summed E-state index contributed by atoms with van der Waals surface area (Å²) in [6, 6.07) is 10.8. The number of hydrogen-bond acceptors (Lipinski definition) is 2. The average molecular weight is 218 g/mol.